The largest absolute Gasteiger partial charge is 0.455 e. The third kappa shape index (κ3) is 6.24. The van der Waals surface area contributed by atoms with Crippen LogP contribution in [0.3, 0.4) is 0 Å². The Morgan fingerprint density at radius 1 is 0.329 bits per heavy atom. The molecule has 0 N–H and O–H groups in total. The van der Waals surface area contributed by atoms with Crippen molar-refractivity contribution in [1.29, 1.82) is 0 Å². The fourth-order valence-corrected chi connectivity index (χ4v) is 14.7. The second kappa shape index (κ2) is 16.2. The lowest BCUT2D eigenvalue weighted by Crippen LogP contribution is -2.24. The molecule has 13 aromatic rings. The van der Waals surface area contributed by atoms with Gasteiger partial charge in [-0.25, -0.2) is 0 Å². The number of para-hydroxylation sites is 3. The van der Waals surface area contributed by atoms with Gasteiger partial charge in [-0.1, -0.05) is 223 Å². The Kier molecular flexibility index (Phi) is 9.42. The number of hydrogen-bond acceptors (Lipinski definition) is 3. The zero-order valence-electron chi connectivity index (χ0n) is 45.5. The van der Waals surface area contributed by atoms with Crippen LogP contribution in [0.4, 0.5) is 17.1 Å². The Hall–Kier alpha value is -9.18. The first kappa shape index (κ1) is 46.0. The van der Waals surface area contributed by atoms with E-state index in [-0.39, 0.29) is 10.8 Å². The maximum absolute atomic E-state index is 7.15. The Morgan fingerprint density at radius 2 is 0.797 bits per heavy atom. The molecule has 0 aliphatic heterocycles. The van der Waals surface area contributed by atoms with Gasteiger partial charge in [0.25, 0.3) is 0 Å². The number of rotatable bonds is 6. The molecule has 0 saturated carbocycles. The molecule has 0 atom stereocenters. The van der Waals surface area contributed by atoms with Crippen molar-refractivity contribution >= 4 is 60.9 Å². The Morgan fingerprint density at radius 3 is 1.43 bits per heavy atom. The Balaban J connectivity index is 0.971. The van der Waals surface area contributed by atoms with Crippen LogP contribution in [0.15, 0.2) is 227 Å². The van der Waals surface area contributed by atoms with Crippen molar-refractivity contribution in [1.82, 2.24) is 0 Å². The van der Waals surface area contributed by atoms with Gasteiger partial charge >= 0.3 is 0 Å². The quantitative estimate of drug-likeness (QED) is 0.166. The highest BCUT2D eigenvalue weighted by molar-refractivity contribution is 6.22. The second-order valence-electron chi connectivity index (χ2n) is 24.0. The highest BCUT2D eigenvalue weighted by atomic mass is 16.3. The molecule has 0 radical (unpaired) electrons. The van der Waals surface area contributed by atoms with Crippen LogP contribution in [-0.2, 0) is 16.2 Å². The SMILES string of the molecule is Cc1ccc(-c2cc3c(c4c2oc2ccccc24)-c2ccc(N(c4ccc5c(c4)C(C)(C)c4c6c(c7c(oc8ccccc87)c4-5)-c4ccccc4C6(C)C)c4c(-c5ccccc5)cccc4-c4ccccc4)cc2C3(C)C)cc1. The normalized spacial score (nSPS) is 14.8. The summed E-state index contributed by atoms with van der Waals surface area (Å²) in [6.45, 7) is 16.7. The van der Waals surface area contributed by atoms with Gasteiger partial charge in [-0.2, -0.15) is 0 Å². The topological polar surface area (TPSA) is 29.5 Å². The van der Waals surface area contributed by atoms with E-state index in [0.29, 0.717) is 0 Å². The van der Waals surface area contributed by atoms with Crippen LogP contribution < -0.4 is 4.90 Å². The predicted octanol–water partition coefficient (Wildman–Crippen LogP) is 21.2. The van der Waals surface area contributed by atoms with E-state index in [9.17, 15) is 0 Å². The van der Waals surface area contributed by atoms with Gasteiger partial charge in [-0.3, -0.25) is 0 Å². The van der Waals surface area contributed by atoms with Crippen molar-refractivity contribution in [2.75, 3.05) is 4.90 Å². The first-order valence-corrected chi connectivity index (χ1v) is 27.9. The molecule has 79 heavy (non-hydrogen) atoms. The van der Waals surface area contributed by atoms with Gasteiger partial charge in [0.2, 0.25) is 0 Å². The summed E-state index contributed by atoms with van der Waals surface area (Å²) in [5.74, 6) is 0. The third-order valence-corrected chi connectivity index (χ3v) is 18.5. The molecule has 3 heteroatoms. The number of benzene rings is 11. The lowest BCUT2D eigenvalue weighted by Gasteiger charge is -2.33. The summed E-state index contributed by atoms with van der Waals surface area (Å²) >= 11 is 0. The summed E-state index contributed by atoms with van der Waals surface area (Å²) in [5, 5.41) is 4.70. The highest BCUT2D eigenvalue weighted by Gasteiger charge is 2.49. The molecule has 3 nitrogen and oxygen atoms in total. The number of aryl methyl sites for hydroxylation is 1. The molecular weight excluding hydrogens is 959 g/mol. The molecule has 3 aliphatic carbocycles. The zero-order valence-corrected chi connectivity index (χ0v) is 45.5. The van der Waals surface area contributed by atoms with E-state index in [0.717, 1.165) is 78.2 Å². The lowest BCUT2D eigenvalue weighted by atomic mass is 9.72. The molecule has 16 rings (SSSR count). The maximum Gasteiger partial charge on any atom is 0.144 e. The molecule has 0 fully saturated rings. The fourth-order valence-electron chi connectivity index (χ4n) is 14.7. The van der Waals surface area contributed by atoms with Crippen molar-refractivity contribution in [2.24, 2.45) is 0 Å². The predicted molar refractivity (Wildman–Crippen MR) is 329 cm³/mol. The summed E-state index contributed by atoms with van der Waals surface area (Å²) in [6, 6.07) is 80.9. The molecule has 11 aromatic carbocycles. The van der Waals surface area contributed by atoms with Gasteiger partial charge < -0.3 is 13.7 Å². The molecule has 0 amide bonds. The van der Waals surface area contributed by atoms with Crippen LogP contribution in [0.1, 0.15) is 80.5 Å². The van der Waals surface area contributed by atoms with E-state index < -0.39 is 5.41 Å². The number of anilines is 3. The fraction of sp³-hybridized carbons (Fsp3) is 0.132. The first-order valence-electron chi connectivity index (χ1n) is 27.9. The van der Waals surface area contributed by atoms with Crippen LogP contribution in [0, 0.1) is 6.92 Å². The average Bonchev–Trinajstić information content (AvgIpc) is 2.24. The molecule has 0 unspecified atom stereocenters. The smallest absolute Gasteiger partial charge is 0.144 e. The minimum absolute atomic E-state index is 0.250. The Bertz CT molecular complexity index is 4680. The monoisotopic (exact) mass is 1020 g/mol. The zero-order chi connectivity index (χ0) is 53.3. The van der Waals surface area contributed by atoms with Crippen molar-refractivity contribution < 1.29 is 8.83 Å². The van der Waals surface area contributed by atoms with Gasteiger partial charge in [0, 0.05) is 71.4 Å². The molecule has 0 spiro atoms. The number of furan rings is 2. The number of nitrogens with zero attached hydrogens (tertiary/aromatic N) is 1. The van der Waals surface area contributed by atoms with Gasteiger partial charge in [-0.05, 0) is 127 Å². The molecule has 378 valence electrons. The summed E-state index contributed by atoms with van der Waals surface area (Å²) in [7, 11) is 0. The van der Waals surface area contributed by atoms with Gasteiger partial charge in [0.1, 0.15) is 22.3 Å². The van der Waals surface area contributed by atoms with Crippen molar-refractivity contribution in [3.8, 4) is 66.8 Å². The average molecular weight is 1020 g/mol. The lowest BCUT2D eigenvalue weighted by molar-refractivity contribution is 0.600. The minimum Gasteiger partial charge on any atom is -0.455 e. The summed E-state index contributed by atoms with van der Waals surface area (Å²) < 4.78 is 14.1. The van der Waals surface area contributed by atoms with Crippen molar-refractivity contribution in [3.63, 3.8) is 0 Å². The van der Waals surface area contributed by atoms with E-state index >= 15 is 0 Å². The summed E-state index contributed by atoms with van der Waals surface area (Å²) in [4.78, 5) is 2.57. The molecular formula is C76H57NO2. The van der Waals surface area contributed by atoms with Gasteiger partial charge in [0.05, 0.1) is 5.69 Å². The molecule has 2 aromatic heterocycles. The molecule has 2 heterocycles. The Labute approximate surface area is 461 Å². The molecule has 3 aliphatic rings. The van der Waals surface area contributed by atoms with Crippen molar-refractivity contribution in [2.45, 2.75) is 64.7 Å². The van der Waals surface area contributed by atoms with Crippen LogP contribution in [-0.4, -0.2) is 0 Å². The van der Waals surface area contributed by atoms with Crippen LogP contribution in [0.5, 0.6) is 0 Å². The molecule has 0 saturated heterocycles. The second-order valence-corrected chi connectivity index (χ2v) is 24.0. The third-order valence-electron chi connectivity index (χ3n) is 18.5. The minimum atomic E-state index is -0.403. The number of hydrogen-bond donors (Lipinski definition) is 0. The van der Waals surface area contributed by atoms with E-state index in [1.807, 2.05) is 0 Å². The van der Waals surface area contributed by atoms with E-state index in [1.54, 1.807) is 0 Å². The van der Waals surface area contributed by atoms with E-state index in [4.69, 9.17) is 8.83 Å². The maximum atomic E-state index is 7.15. The van der Waals surface area contributed by atoms with Gasteiger partial charge in [-0.15, -0.1) is 0 Å². The van der Waals surface area contributed by atoms with E-state index in [1.165, 1.54) is 88.5 Å². The summed E-state index contributed by atoms with van der Waals surface area (Å²) in [6.07, 6.45) is 0. The highest BCUT2D eigenvalue weighted by Crippen LogP contribution is 2.64. The number of fused-ring (bicyclic) bond motifs is 19. The van der Waals surface area contributed by atoms with Crippen molar-refractivity contribution in [3.05, 3.63) is 257 Å². The van der Waals surface area contributed by atoms with Crippen LogP contribution in [0.25, 0.3) is 111 Å². The van der Waals surface area contributed by atoms with Gasteiger partial charge in [0.15, 0.2) is 0 Å². The van der Waals surface area contributed by atoms with Crippen LogP contribution in [0.2, 0.25) is 0 Å². The van der Waals surface area contributed by atoms with Crippen LogP contribution >= 0.6 is 0 Å². The molecule has 0 bridgehead atoms. The van der Waals surface area contributed by atoms with E-state index in [2.05, 4.69) is 272 Å². The first-order chi connectivity index (χ1) is 38.4. The standard InChI is InChI=1S/C76H57NO2/c1-44-33-35-47(36-34-44)57-43-61-64(66-55-26-15-18-31-62(55)78-72(57)66)53-39-37-48(41-59(53)74(61,2)3)77(71-50(45-21-10-8-11-22-45)28-20-29-51(71)46-23-12-9-13-24-46)49-38-40-54-60(42-49)76(6,7)70-68(54)73-67(56-27-16-19-32-63(56)79-73)65-52-25-14-17-30-58(52)75(4,5)69(65)70/h8-43H,1-7H3. The summed E-state index contributed by atoms with van der Waals surface area (Å²) in [5.41, 5.74) is 29.8.